The fourth-order valence-electron chi connectivity index (χ4n) is 1.95. The molecule has 0 atom stereocenters. The highest BCUT2D eigenvalue weighted by molar-refractivity contribution is 14.1. The van der Waals surface area contributed by atoms with Gasteiger partial charge in [-0.25, -0.2) is 0 Å². The van der Waals surface area contributed by atoms with Crippen molar-refractivity contribution >= 4 is 53.1 Å². The predicted molar refractivity (Wildman–Crippen MR) is 101 cm³/mol. The van der Waals surface area contributed by atoms with Crippen LogP contribution in [0.3, 0.4) is 0 Å². The van der Waals surface area contributed by atoms with Crippen molar-refractivity contribution in [3.8, 4) is 0 Å². The first kappa shape index (κ1) is 15.9. The third-order valence-electron chi connectivity index (χ3n) is 3.23. The number of anilines is 1. The Morgan fingerprint density at radius 3 is 2.25 bits per heavy atom. The van der Waals surface area contributed by atoms with E-state index in [4.69, 9.17) is 11.6 Å². The van der Waals surface area contributed by atoms with Crippen molar-refractivity contribution in [3.63, 3.8) is 0 Å². The van der Waals surface area contributed by atoms with Gasteiger partial charge in [0.25, 0.3) is 0 Å². The lowest BCUT2D eigenvalue weighted by molar-refractivity contribution is 1.15. The molecule has 0 saturated carbocycles. The molecule has 0 spiro atoms. The molecule has 0 unspecified atom stereocenters. The molecule has 2 aromatic rings. The van der Waals surface area contributed by atoms with Crippen molar-refractivity contribution in [1.29, 1.82) is 0 Å². The van der Waals surface area contributed by atoms with Gasteiger partial charge in [0.05, 0.1) is 18.8 Å². The molecule has 2 aromatic carbocycles. The number of halogens is 2. The Kier molecular flexibility index (Phi) is 5.15. The zero-order valence-corrected chi connectivity index (χ0v) is 15.9. The van der Waals surface area contributed by atoms with E-state index in [1.165, 1.54) is 10.8 Å². The maximum Gasteiger partial charge on any atom is 0.0775 e. The van der Waals surface area contributed by atoms with E-state index in [-0.39, 0.29) is 0 Å². The molecule has 0 aliphatic heterocycles. The van der Waals surface area contributed by atoms with Gasteiger partial charge < -0.3 is 5.32 Å². The van der Waals surface area contributed by atoms with Crippen molar-refractivity contribution in [2.45, 2.75) is 26.2 Å². The second kappa shape index (κ2) is 6.50. The normalized spacial score (nSPS) is 11.4. The van der Waals surface area contributed by atoms with E-state index >= 15 is 0 Å². The second-order valence-electron chi connectivity index (χ2n) is 5.92. The Labute approximate surface area is 140 Å². The van der Waals surface area contributed by atoms with Crippen molar-refractivity contribution in [1.82, 2.24) is 0 Å². The van der Waals surface area contributed by atoms with Crippen LogP contribution in [0.1, 0.15) is 5.56 Å². The van der Waals surface area contributed by atoms with Gasteiger partial charge in [0.15, 0.2) is 0 Å². The van der Waals surface area contributed by atoms with Crippen LogP contribution in [0, 0.1) is 3.57 Å². The van der Waals surface area contributed by atoms with Crippen LogP contribution in [0.25, 0.3) is 0 Å². The van der Waals surface area contributed by atoms with Gasteiger partial charge in [0, 0.05) is 10.1 Å². The molecule has 0 fully saturated rings. The maximum atomic E-state index is 6.22. The number of benzene rings is 2. The van der Waals surface area contributed by atoms with E-state index in [0.717, 1.165) is 20.8 Å². The number of hydrogen-bond donors (Lipinski definition) is 1. The van der Waals surface area contributed by atoms with Crippen molar-refractivity contribution < 1.29 is 0 Å². The molecule has 0 aliphatic rings. The van der Waals surface area contributed by atoms with Crippen LogP contribution in [0.5, 0.6) is 0 Å². The highest BCUT2D eigenvalue weighted by atomic mass is 127. The Balaban J connectivity index is 2.04. The lowest BCUT2D eigenvalue weighted by Gasteiger charge is -2.17. The highest BCUT2D eigenvalue weighted by Crippen LogP contribution is 2.24. The average Bonchev–Trinajstić information content (AvgIpc) is 2.37. The van der Waals surface area contributed by atoms with Crippen LogP contribution >= 0.6 is 34.2 Å². The first-order valence-electron chi connectivity index (χ1n) is 6.64. The van der Waals surface area contributed by atoms with E-state index in [1.54, 1.807) is 0 Å². The average molecular weight is 416 g/mol. The quantitative estimate of drug-likeness (QED) is 0.541. The molecule has 0 radical (unpaired) electrons. The van der Waals surface area contributed by atoms with E-state index in [1.807, 2.05) is 12.1 Å². The monoisotopic (exact) mass is 415 g/mol. The largest absolute Gasteiger partial charge is 0.380 e. The van der Waals surface area contributed by atoms with Gasteiger partial charge in [0.1, 0.15) is 0 Å². The predicted octanol–water partition coefficient (Wildman–Crippen LogP) is 5.10. The summed E-state index contributed by atoms with van der Waals surface area (Å²) < 4.78 is 1.15. The Hall–Kier alpha value is -0.523. The molecule has 0 aliphatic carbocycles. The summed E-state index contributed by atoms with van der Waals surface area (Å²) in [6.07, 6.45) is 0. The highest BCUT2D eigenvalue weighted by Gasteiger charge is 2.15. The van der Waals surface area contributed by atoms with Gasteiger partial charge in [-0.05, 0) is 46.4 Å². The summed E-state index contributed by atoms with van der Waals surface area (Å²) in [6.45, 7) is 7.90. The summed E-state index contributed by atoms with van der Waals surface area (Å²) in [5, 5.41) is 5.66. The summed E-state index contributed by atoms with van der Waals surface area (Å²) in [5.74, 6) is 0. The molecule has 0 heterocycles. The molecular formula is C16H19ClINSi. The molecule has 0 bridgehead atoms. The van der Waals surface area contributed by atoms with E-state index in [9.17, 15) is 0 Å². The SMILES string of the molecule is C[Si](C)(C)c1ccc(CNc2ccc(I)cc2Cl)cc1. The van der Waals surface area contributed by atoms with Gasteiger partial charge in [-0.2, -0.15) is 0 Å². The fraction of sp³-hybridized carbons (Fsp3) is 0.250. The smallest absolute Gasteiger partial charge is 0.0775 e. The van der Waals surface area contributed by atoms with Crippen LogP contribution in [-0.4, -0.2) is 8.07 Å². The summed E-state index contributed by atoms with van der Waals surface area (Å²) in [5.41, 5.74) is 2.27. The standard InChI is InChI=1S/C16H19ClINSi/c1-20(2,3)14-7-4-12(5-8-14)11-19-16-9-6-13(18)10-15(16)17/h4-10,19H,11H2,1-3H3. The van der Waals surface area contributed by atoms with Gasteiger partial charge in [-0.3, -0.25) is 0 Å². The van der Waals surface area contributed by atoms with Gasteiger partial charge in [-0.15, -0.1) is 0 Å². The van der Waals surface area contributed by atoms with Crippen LogP contribution < -0.4 is 10.5 Å². The summed E-state index contributed by atoms with van der Waals surface area (Å²) in [6, 6.07) is 15.0. The van der Waals surface area contributed by atoms with Crippen LogP contribution in [0.4, 0.5) is 5.69 Å². The van der Waals surface area contributed by atoms with E-state index < -0.39 is 8.07 Å². The van der Waals surface area contributed by atoms with Gasteiger partial charge >= 0.3 is 0 Å². The summed E-state index contributed by atoms with van der Waals surface area (Å²) in [7, 11) is -1.20. The minimum absolute atomic E-state index is 0.774. The third kappa shape index (κ3) is 4.23. The van der Waals surface area contributed by atoms with E-state index in [0.29, 0.717) is 0 Å². The minimum atomic E-state index is -1.20. The number of nitrogens with one attached hydrogen (secondary N) is 1. The minimum Gasteiger partial charge on any atom is -0.380 e. The Morgan fingerprint density at radius 1 is 1.05 bits per heavy atom. The zero-order chi connectivity index (χ0) is 14.8. The fourth-order valence-corrected chi connectivity index (χ4v) is 4.04. The number of hydrogen-bond acceptors (Lipinski definition) is 1. The molecule has 1 N–H and O–H groups in total. The van der Waals surface area contributed by atoms with Crippen LogP contribution in [-0.2, 0) is 6.54 Å². The van der Waals surface area contributed by atoms with Crippen molar-refractivity contribution in [3.05, 3.63) is 56.6 Å². The number of rotatable bonds is 4. The lowest BCUT2D eigenvalue weighted by atomic mass is 10.2. The van der Waals surface area contributed by atoms with Gasteiger partial charge in [0.2, 0.25) is 0 Å². The van der Waals surface area contributed by atoms with Crippen molar-refractivity contribution in [2.24, 2.45) is 0 Å². The second-order valence-corrected chi connectivity index (χ2v) is 12.7. The topological polar surface area (TPSA) is 12.0 Å². The van der Waals surface area contributed by atoms with Gasteiger partial charge in [-0.1, -0.05) is 60.7 Å². The zero-order valence-electron chi connectivity index (χ0n) is 12.0. The molecular weight excluding hydrogens is 397 g/mol. The van der Waals surface area contributed by atoms with Crippen LogP contribution in [0.15, 0.2) is 42.5 Å². The van der Waals surface area contributed by atoms with Crippen molar-refractivity contribution in [2.75, 3.05) is 5.32 Å². The molecule has 0 saturated heterocycles. The third-order valence-corrected chi connectivity index (χ3v) is 6.28. The molecule has 0 amide bonds. The first-order chi connectivity index (χ1) is 9.36. The molecule has 20 heavy (non-hydrogen) atoms. The first-order valence-corrected chi connectivity index (χ1v) is 11.6. The Morgan fingerprint density at radius 2 is 1.70 bits per heavy atom. The molecule has 2 rings (SSSR count). The van der Waals surface area contributed by atoms with E-state index in [2.05, 4.69) is 77.9 Å². The lowest BCUT2D eigenvalue weighted by Crippen LogP contribution is -2.37. The summed E-state index contributed by atoms with van der Waals surface area (Å²) in [4.78, 5) is 0. The summed E-state index contributed by atoms with van der Waals surface area (Å²) >= 11 is 8.48. The molecule has 106 valence electrons. The Bertz CT molecular complexity index is 590. The maximum absolute atomic E-state index is 6.22. The molecule has 0 aromatic heterocycles. The van der Waals surface area contributed by atoms with Crippen LogP contribution in [0.2, 0.25) is 24.7 Å². The molecule has 4 heteroatoms. The molecule has 1 nitrogen and oxygen atoms in total.